The maximum Gasteiger partial charge on any atom is 0.490 e. The van der Waals surface area contributed by atoms with E-state index in [2.05, 4.69) is 36.1 Å². The smallest absolute Gasteiger partial charge is 0.475 e. The van der Waals surface area contributed by atoms with Crippen LogP contribution < -0.4 is 0 Å². The van der Waals surface area contributed by atoms with E-state index in [0.717, 1.165) is 24.1 Å². The molecule has 0 aliphatic carbocycles. The Labute approximate surface area is 205 Å². The topological polar surface area (TPSA) is 77.9 Å². The molecule has 1 N–H and O–H groups in total. The number of nitrogens with zero attached hydrogens (tertiary/aromatic N) is 2. The molecule has 6 nitrogen and oxygen atoms in total. The number of carbonyl (C=O) groups is 1. The van der Waals surface area contributed by atoms with E-state index in [4.69, 9.17) is 9.90 Å². The molecule has 2 aromatic rings. The Morgan fingerprint density at radius 3 is 2.17 bits per heavy atom. The van der Waals surface area contributed by atoms with Gasteiger partial charge in [0.2, 0.25) is 10.0 Å². The first kappa shape index (κ1) is 28.8. The highest BCUT2D eigenvalue weighted by molar-refractivity contribution is 7.89. The van der Waals surface area contributed by atoms with Crippen molar-refractivity contribution in [1.29, 1.82) is 0 Å². The van der Waals surface area contributed by atoms with E-state index in [1.54, 1.807) is 12.1 Å². The summed E-state index contributed by atoms with van der Waals surface area (Å²) < 4.78 is 58.8. The molecule has 2 aromatic carbocycles. The maximum absolute atomic E-state index is 12.8. The lowest BCUT2D eigenvalue weighted by molar-refractivity contribution is -0.192. The fraction of sp³-hybridized carbons (Fsp3) is 0.480. The molecule has 0 bridgehead atoms. The second-order valence-electron chi connectivity index (χ2n) is 8.39. The van der Waals surface area contributed by atoms with Crippen LogP contribution in [0.5, 0.6) is 0 Å². The number of sulfonamides is 1. The molecule has 0 spiro atoms. The van der Waals surface area contributed by atoms with Crippen molar-refractivity contribution < 1.29 is 31.5 Å². The number of aliphatic carboxylic acids is 1. The maximum atomic E-state index is 12.8. The Hall–Kier alpha value is -2.43. The minimum atomic E-state index is -5.08. The normalized spacial score (nSPS) is 16.7. The van der Waals surface area contributed by atoms with Gasteiger partial charge >= 0.3 is 12.1 Å². The van der Waals surface area contributed by atoms with Gasteiger partial charge in [0.15, 0.2) is 0 Å². The van der Waals surface area contributed by atoms with Crippen molar-refractivity contribution in [1.82, 2.24) is 9.21 Å². The van der Waals surface area contributed by atoms with Gasteiger partial charge in [-0.05, 0) is 61.6 Å². The molecule has 0 radical (unpaired) electrons. The molecule has 1 aliphatic heterocycles. The molecule has 0 unspecified atom stereocenters. The Bertz CT molecular complexity index is 1070. The third kappa shape index (κ3) is 8.05. The number of rotatable bonds is 8. The van der Waals surface area contributed by atoms with Crippen LogP contribution in [-0.4, -0.2) is 67.1 Å². The molecular formula is C25H33F3N2O4S. The number of hydrogen-bond acceptors (Lipinski definition) is 4. The summed E-state index contributed by atoms with van der Waals surface area (Å²) in [5, 5.41) is 7.12. The van der Waals surface area contributed by atoms with E-state index in [1.807, 2.05) is 26.0 Å². The fourth-order valence-electron chi connectivity index (χ4n) is 4.01. The predicted octanol–water partition coefficient (Wildman–Crippen LogP) is 5.04. The molecule has 1 heterocycles. The number of carboxylic acids is 1. The van der Waals surface area contributed by atoms with Gasteiger partial charge in [0.25, 0.3) is 0 Å². The lowest BCUT2D eigenvalue weighted by Gasteiger charge is -2.20. The van der Waals surface area contributed by atoms with Crippen molar-refractivity contribution in [2.75, 3.05) is 26.2 Å². The molecular weight excluding hydrogens is 481 g/mol. The van der Waals surface area contributed by atoms with Gasteiger partial charge < -0.3 is 10.0 Å². The van der Waals surface area contributed by atoms with Crippen molar-refractivity contribution in [3.63, 3.8) is 0 Å². The minimum absolute atomic E-state index is 0.362. The van der Waals surface area contributed by atoms with Crippen LogP contribution in [0.1, 0.15) is 39.2 Å². The molecule has 10 heteroatoms. The largest absolute Gasteiger partial charge is 0.490 e. The number of halogens is 3. The van der Waals surface area contributed by atoms with Crippen molar-refractivity contribution in [3.8, 4) is 11.1 Å². The van der Waals surface area contributed by atoms with E-state index in [9.17, 15) is 21.6 Å². The second kappa shape index (κ2) is 12.5. The van der Waals surface area contributed by atoms with Crippen molar-refractivity contribution >= 4 is 16.0 Å². The third-order valence-corrected chi connectivity index (χ3v) is 8.13. The lowest BCUT2D eigenvalue weighted by atomic mass is 10.0. The minimum Gasteiger partial charge on any atom is -0.475 e. The van der Waals surface area contributed by atoms with Crippen molar-refractivity contribution in [2.24, 2.45) is 0 Å². The molecule has 3 rings (SSSR count). The van der Waals surface area contributed by atoms with Crippen molar-refractivity contribution in [3.05, 3.63) is 54.1 Å². The highest BCUT2D eigenvalue weighted by Crippen LogP contribution is 2.25. The van der Waals surface area contributed by atoms with Gasteiger partial charge in [0.1, 0.15) is 0 Å². The lowest BCUT2D eigenvalue weighted by Crippen LogP contribution is -2.30. The van der Waals surface area contributed by atoms with Gasteiger partial charge in [0, 0.05) is 25.7 Å². The van der Waals surface area contributed by atoms with E-state index in [-0.39, 0.29) is 0 Å². The standard InChI is InChI=1S/C23H32N2O2S.C2HF3O2/c1-4-25(5-2)28(26,27)23-10-6-9-22(18-23)21-13-11-20(12-14-21)15-17-24-16-7-8-19(24)3;3-2(4,5)1(6)7/h6,9-14,18-19H,4-5,7-8,15-17H2,1-3H3;(H,6,7)/t19-;/m1./s1. The second-order valence-corrected chi connectivity index (χ2v) is 10.3. The van der Waals surface area contributed by atoms with Crippen LogP contribution in [0.15, 0.2) is 53.4 Å². The average Bonchev–Trinajstić information content (AvgIpc) is 3.23. The molecule has 1 atom stereocenters. The van der Waals surface area contributed by atoms with E-state index >= 15 is 0 Å². The summed E-state index contributed by atoms with van der Waals surface area (Å²) in [6.07, 6.45) is -1.40. The average molecular weight is 515 g/mol. The van der Waals surface area contributed by atoms with Gasteiger partial charge in [-0.3, -0.25) is 0 Å². The van der Waals surface area contributed by atoms with Crippen LogP contribution in [0.3, 0.4) is 0 Å². The van der Waals surface area contributed by atoms with Gasteiger partial charge in [0.05, 0.1) is 4.90 Å². The number of hydrogen-bond donors (Lipinski definition) is 1. The van der Waals surface area contributed by atoms with E-state index < -0.39 is 22.2 Å². The molecule has 0 amide bonds. The highest BCUT2D eigenvalue weighted by atomic mass is 32.2. The fourth-order valence-corrected chi connectivity index (χ4v) is 5.51. The number of likely N-dealkylation sites (tertiary alicyclic amines) is 1. The zero-order valence-electron chi connectivity index (χ0n) is 20.3. The van der Waals surface area contributed by atoms with Crippen LogP contribution in [0.4, 0.5) is 13.2 Å². The van der Waals surface area contributed by atoms with Gasteiger partial charge in [-0.1, -0.05) is 50.2 Å². The molecule has 0 saturated carbocycles. The molecule has 1 saturated heterocycles. The number of alkyl halides is 3. The Balaban J connectivity index is 0.000000540. The first-order valence-electron chi connectivity index (χ1n) is 11.6. The number of carboxylic acid groups (broad SMARTS) is 1. The first-order valence-corrected chi connectivity index (χ1v) is 13.1. The zero-order chi connectivity index (χ0) is 26.2. The predicted molar refractivity (Wildman–Crippen MR) is 130 cm³/mol. The summed E-state index contributed by atoms with van der Waals surface area (Å²) in [6, 6.07) is 16.5. The summed E-state index contributed by atoms with van der Waals surface area (Å²) in [5.41, 5.74) is 3.32. The van der Waals surface area contributed by atoms with Crippen LogP contribution in [0.25, 0.3) is 11.1 Å². The van der Waals surface area contributed by atoms with Gasteiger partial charge in [-0.25, -0.2) is 13.2 Å². The Morgan fingerprint density at radius 1 is 1.09 bits per heavy atom. The Morgan fingerprint density at radius 2 is 1.69 bits per heavy atom. The zero-order valence-corrected chi connectivity index (χ0v) is 21.1. The van der Waals surface area contributed by atoms with Crippen molar-refractivity contribution in [2.45, 2.75) is 57.1 Å². The monoisotopic (exact) mass is 514 g/mol. The summed E-state index contributed by atoms with van der Waals surface area (Å²) in [7, 11) is -3.44. The molecule has 35 heavy (non-hydrogen) atoms. The van der Waals surface area contributed by atoms with Gasteiger partial charge in [-0.2, -0.15) is 17.5 Å². The summed E-state index contributed by atoms with van der Waals surface area (Å²) in [6.45, 7) is 9.33. The summed E-state index contributed by atoms with van der Waals surface area (Å²) in [5.74, 6) is -2.76. The molecule has 1 aliphatic rings. The van der Waals surface area contributed by atoms with Crippen LogP contribution >= 0.6 is 0 Å². The van der Waals surface area contributed by atoms with Crippen LogP contribution in [0.2, 0.25) is 0 Å². The third-order valence-electron chi connectivity index (χ3n) is 6.09. The summed E-state index contributed by atoms with van der Waals surface area (Å²) in [4.78, 5) is 11.8. The Kier molecular flexibility index (Phi) is 10.3. The summed E-state index contributed by atoms with van der Waals surface area (Å²) >= 11 is 0. The molecule has 194 valence electrons. The van der Waals surface area contributed by atoms with E-state index in [1.165, 1.54) is 29.3 Å². The van der Waals surface area contributed by atoms with E-state index in [0.29, 0.717) is 24.0 Å². The SMILES string of the molecule is CCN(CC)S(=O)(=O)c1cccc(-c2ccc(CCN3CCC[C@H]3C)cc2)c1.O=C(O)C(F)(F)F. The first-order chi connectivity index (χ1) is 16.4. The molecule has 1 fully saturated rings. The quantitative estimate of drug-likeness (QED) is 0.534. The van der Waals surface area contributed by atoms with Crippen LogP contribution in [0, 0.1) is 0 Å². The van der Waals surface area contributed by atoms with Crippen LogP contribution in [-0.2, 0) is 21.2 Å². The molecule has 0 aromatic heterocycles. The number of benzene rings is 2. The van der Waals surface area contributed by atoms with Gasteiger partial charge in [-0.15, -0.1) is 0 Å². The highest BCUT2D eigenvalue weighted by Gasteiger charge is 2.38.